The van der Waals surface area contributed by atoms with E-state index in [2.05, 4.69) is 13.8 Å². The summed E-state index contributed by atoms with van der Waals surface area (Å²) in [4.78, 5) is 0. The van der Waals surface area contributed by atoms with E-state index in [0.717, 1.165) is 18.9 Å². The van der Waals surface area contributed by atoms with Crippen LogP contribution in [0.4, 0.5) is 0 Å². The Morgan fingerprint density at radius 2 is 2.56 bits per heavy atom. The second-order valence-electron chi connectivity index (χ2n) is 2.62. The zero-order valence-electron chi connectivity index (χ0n) is 6.18. The summed E-state index contributed by atoms with van der Waals surface area (Å²) in [5, 5.41) is 0. The Morgan fingerprint density at radius 1 is 1.78 bits per heavy atom. The van der Waals surface area contributed by atoms with Crippen molar-refractivity contribution in [3.05, 3.63) is 11.8 Å². The molecule has 9 heavy (non-hydrogen) atoms. The van der Waals surface area contributed by atoms with E-state index in [1.165, 1.54) is 12.0 Å². The van der Waals surface area contributed by atoms with E-state index in [-0.39, 0.29) is 0 Å². The van der Waals surface area contributed by atoms with Crippen LogP contribution >= 0.6 is 0 Å². The van der Waals surface area contributed by atoms with Gasteiger partial charge in [-0.25, -0.2) is 0 Å². The third-order valence-electron chi connectivity index (χ3n) is 1.99. The number of ether oxygens (including phenoxy) is 1. The predicted molar refractivity (Wildman–Crippen MR) is 38.1 cm³/mol. The van der Waals surface area contributed by atoms with Crippen molar-refractivity contribution in [3.8, 4) is 0 Å². The fourth-order valence-corrected chi connectivity index (χ4v) is 1.03. The fourth-order valence-electron chi connectivity index (χ4n) is 1.03. The molecular weight excluding hydrogens is 112 g/mol. The van der Waals surface area contributed by atoms with Crippen LogP contribution in [0.2, 0.25) is 0 Å². The maximum absolute atomic E-state index is 5.12. The highest BCUT2D eigenvalue weighted by molar-refractivity contribution is 5.05. The SMILES string of the molecule is CCC(C)C1=COCC1. The van der Waals surface area contributed by atoms with E-state index in [0.29, 0.717) is 0 Å². The van der Waals surface area contributed by atoms with Gasteiger partial charge in [-0.3, -0.25) is 0 Å². The Morgan fingerprint density at radius 3 is 3.00 bits per heavy atom. The molecule has 1 unspecified atom stereocenters. The molecule has 0 fully saturated rings. The lowest BCUT2D eigenvalue weighted by atomic mass is 9.98. The van der Waals surface area contributed by atoms with Crippen LogP contribution in [0, 0.1) is 5.92 Å². The van der Waals surface area contributed by atoms with Gasteiger partial charge in [0, 0.05) is 6.42 Å². The van der Waals surface area contributed by atoms with E-state index in [9.17, 15) is 0 Å². The predicted octanol–water partition coefficient (Wildman–Crippen LogP) is 2.34. The van der Waals surface area contributed by atoms with E-state index in [1.807, 2.05) is 6.26 Å². The number of hydrogen-bond donors (Lipinski definition) is 0. The quantitative estimate of drug-likeness (QED) is 0.551. The van der Waals surface area contributed by atoms with Crippen molar-refractivity contribution in [2.75, 3.05) is 6.61 Å². The first-order valence-corrected chi connectivity index (χ1v) is 3.65. The third kappa shape index (κ3) is 1.47. The molecule has 0 saturated heterocycles. The van der Waals surface area contributed by atoms with Gasteiger partial charge >= 0.3 is 0 Å². The zero-order valence-corrected chi connectivity index (χ0v) is 6.18. The molecule has 0 aromatic rings. The van der Waals surface area contributed by atoms with Gasteiger partial charge in [0.25, 0.3) is 0 Å². The third-order valence-corrected chi connectivity index (χ3v) is 1.99. The van der Waals surface area contributed by atoms with Gasteiger partial charge in [0.15, 0.2) is 0 Å². The van der Waals surface area contributed by atoms with E-state index >= 15 is 0 Å². The minimum atomic E-state index is 0.729. The van der Waals surface area contributed by atoms with Crippen LogP contribution in [0.15, 0.2) is 11.8 Å². The maximum atomic E-state index is 5.12. The number of hydrogen-bond acceptors (Lipinski definition) is 1. The molecule has 0 saturated carbocycles. The average Bonchev–Trinajstić information content (AvgIpc) is 2.37. The van der Waals surface area contributed by atoms with E-state index in [1.54, 1.807) is 0 Å². The molecule has 52 valence electrons. The van der Waals surface area contributed by atoms with Crippen LogP contribution < -0.4 is 0 Å². The number of rotatable bonds is 2. The molecule has 0 radical (unpaired) electrons. The van der Waals surface area contributed by atoms with Gasteiger partial charge in [-0.05, 0) is 17.9 Å². The molecule has 1 heteroatoms. The van der Waals surface area contributed by atoms with Crippen molar-refractivity contribution in [2.24, 2.45) is 5.92 Å². The summed E-state index contributed by atoms with van der Waals surface area (Å²) >= 11 is 0. The van der Waals surface area contributed by atoms with Crippen molar-refractivity contribution in [1.29, 1.82) is 0 Å². The largest absolute Gasteiger partial charge is 0.501 e. The van der Waals surface area contributed by atoms with Gasteiger partial charge in [0.2, 0.25) is 0 Å². The van der Waals surface area contributed by atoms with Crippen LogP contribution in [0.25, 0.3) is 0 Å². The van der Waals surface area contributed by atoms with Crippen molar-refractivity contribution in [2.45, 2.75) is 26.7 Å². The molecule has 0 spiro atoms. The minimum absolute atomic E-state index is 0.729. The molecule has 0 N–H and O–H groups in total. The zero-order chi connectivity index (χ0) is 6.69. The Balaban J connectivity index is 2.40. The molecule has 1 rings (SSSR count). The molecule has 0 aliphatic carbocycles. The van der Waals surface area contributed by atoms with Crippen LogP contribution in [0.5, 0.6) is 0 Å². The van der Waals surface area contributed by atoms with Crippen LogP contribution in [0.3, 0.4) is 0 Å². The first kappa shape index (κ1) is 6.66. The molecule has 1 nitrogen and oxygen atoms in total. The lowest BCUT2D eigenvalue weighted by Gasteiger charge is -2.05. The standard InChI is InChI=1S/C8H14O/c1-3-7(2)8-4-5-9-6-8/h6-7H,3-5H2,1-2H3. The summed E-state index contributed by atoms with van der Waals surface area (Å²) in [6, 6.07) is 0. The molecule has 1 aliphatic rings. The monoisotopic (exact) mass is 126 g/mol. The van der Waals surface area contributed by atoms with Gasteiger partial charge in [0.05, 0.1) is 12.9 Å². The molecule has 1 atom stereocenters. The summed E-state index contributed by atoms with van der Waals surface area (Å²) in [7, 11) is 0. The van der Waals surface area contributed by atoms with Gasteiger partial charge in [-0.2, -0.15) is 0 Å². The first-order chi connectivity index (χ1) is 4.34. The molecule has 1 aliphatic heterocycles. The Kier molecular flexibility index (Phi) is 2.15. The Hall–Kier alpha value is -0.460. The summed E-state index contributed by atoms with van der Waals surface area (Å²) in [6.45, 7) is 5.37. The first-order valence-electron chi connectivity index (χ1n) is 3.65. The highest BCUT2D eigenvalue weighted by Gasteiger charge is 2.10. The van der Waals surface area contributed by atoms with Crippen LogP contribution in [-0.4, -0.2) is 6.61 Å². The second kappa shape index (κ2) is 2.90. The van der Waals surface area contributed by atoms with Crippen molar-refractivity contribution >= 4 is 0 Å². The van der Waals surface area contributed by atoms with Gasteiger partial charge in [-0.15, -0.1) is 0 Å². The molecule has 1 heterocycles. The summed E-state index contributed by atoms with van der Waals surface area (Å²) in [5.74, 6) is 0.729. The highest BCUT2D eigenvalue weighted by atomic mass is 16.5. The van der Waals surface area contributed by atoms with Gasteiger partial charge < -0.3 is 4.74 Å². The van der Waals surface area contributed by atoms with Crippen LogP contribution in [0.1, 0.15) is 26.7 Å². The lowest BCUT2D eigenvalue weighted by Crippen LogP contribution is -1.94. The summed E-state index contributed by atoms with van der Waals surface area (Å²) in [5.41, 5.74) is 1.48. The lowest BCUT2D eigenvalue weighted by molar-refractivity contribution is 0.281. The summed E-state index contributed by atoms with van der Waals surface area (Å²) in [6.07, 6.45) is 4.30. The van der Waals surface area contributed by atoms with Gasteiger partial charge in [0.1, 0.15) is 0 Å². The maximum Gasteiger partial charge on any atom is 0.0911 e. The average molecular weight is 126 g/mol. The minimum Gasteiger partial charge on any atom is -0.501 e. The van der Waals surface area contributed by atoms with Gasteiger partial charge in [-0.1, -0.05) is 13.8 Å². The van der Waals surface area contributed by atoms with Crippen LogP contribution in [-0.2, 0) is 4.74 Å². The topological polar surface area (TPSA) is 9.23 Å². The molecule has 0 amide bonds. The second-order valence-corrected chi connectivity index (χ2v) is 2.62. The highest BCUT2D eigenvalue weighted by Crippen LogP contribution is 2.21. The molecule has 0 aromatic heterocycles. The Bertz CT molecular complexity index is 116. The van der Waals surface area contributed by atoms with Crippen molar-refractivity contribution in [3.63, 3.8) is 0 Å². The Labute approximate surface area is 56.7 Å². The fraction of sp³-hybridized carbons (Fsp3) is 0.750. The van der Waals surface area contributed by atoms with E-state index in [4.69, 9.17) is 4.74 Å². The molecule has 0 bridgehead atoms. The van der Waals surface area contributed by atoms with Crippen molar-refractivity contribution in [1.82, 2.24) is 0 Å². The molecule has 0 aromatic carbocycles. The normalized spacial score (nSPS) is 20.9. The summed E-state index contributed by atoms with van der Waals surface area (Å²) < 4.78 is 5.12. The molecular formula is C8H14O. The van der Waals surface area contributed by atoms with Crippen molar-refractivity contribution < 1.29 is 4.74 Å². The smallest absolute Gasteiger partial charge is 0.0911 e. The van der Waals surface area contributed by atoms with E-state index < -0.39 is 0 Å².